The van der Waals surface area contributed by atoms with Crippen LogP contribution in [0, 0.1) is 0 Å². The number of H-pyrrole nitrogens is 1. The van der Waals surface area contributed by atoms with Crippen molar-refractivity contribution in [2.45, 2.75) is 45.9 Å². The summed E-state index contributed by atoms with van der Waals surface area (Å²) in [6.07, 6.45) is 1.91. The number of hydrogen-bond donors (Lipinski definition) is 2. The van der Waals surface area contributed by atoms with E-state index in [0.29, 0.717) is 6.61 Å². The molecule has 0 aliphatic carbocycles. The molecule has 0 atom stereocenters. The van der Waals surface area contributed by atoms with Crippen LogP contribution in [0.25, 0.3) is 0 Å². The lowest BCUT2D eigenvalue weighted by Gasteiger charge is -2.18. The fraction of sp³-hybridized carbons (Fsp3) is 0.471. The predicted octanol–water partition coefficient (Wildman–Crippen LogP) is 3.14. The Labute approximate surface area is 126 Å². The van der Waals surface area contributed by atoms with Crippen molar-refractivity contribution in [3.05, 3.63) is 52.8 Å². The zero-order valence-corrected chi connectivity index (χ0v) is 13.4. The maximum absolute atomic E-state index is 5.17. The molecule has 0 aliphatic rings. The molecule has 2 N–H and O–H groups in total. The Balaban J connectivity index is 1.93. The normalized spacial score (nSPS) is 11.8. The van der Waals surface area contributed by atoms with Crippen molar-refractivity contribution in [2.24, 2.45) is 0 Å². The van der Waals surface area contributed by atoms with E-state index in [0.717, 1.165) is 13.1 Å². The maximum atomic E-state index is 5.17. The number of rotatable bonds is 6. The van der Waals surface area contributed by atoms with Crippen molar-refractivity contribution in [1.29, 1.82) is 0 Å². The maximum Gasteiger partial charge on any atom is 0.0713 e. The van der Waals surface area contributed by atoms with Gasteiger partial charge in [0.1, 0.15) is 0 Å². The van der Waals surface area contributed by atoms with Crippen molar-refractivity contribution in [2.75, 3.05) is 7.11 Å². The topological polar surface area (TPSA) is 49.9 Å². The quantitative estimate of drug-likeness (QED) is 0.858. The number of ether oxygens (including phenoxy) is 1. The van der Waals surface area contributed by atoms with Crippen LogP contribution in [0.2, 0.25) is 0 Å². The van der Waals surface area contributed by atoms with E-state index < -0.39 is 0 Å². The van der Waals surface area contributed by atoms with Crippen molar-refractivity contribution in [3.8, 4) is 0 Å². The minimum atomic E-state index is 0.0892. The van der Waals surface area contributed by atoms with Gasteiger partial charge in [-0.3, -0.25) is 5.10 Å². The molecule has 1 aromatic heterocycles. The summed E-state index contributed by atoms with van der Waals surface area (Å²) >= 11 is 0. The Morgan fingerprint density at radius 3 is 2.67 bits per heavy atom. The highest BCUT2D eigenvalue weighted by atomic mass is 16.5. The molecule has 0 saturated heterocycles. The highest BCUT2D eigenvalue weighted by Crippen LogP contribution is 2.23. The first-order valence-corrected chi connectivity index (χ1v) is 7.31. The summed E-state index contributed by atoms with van der Waals surface area (Å²) in [4.78, 5) is 0. The number of methoxy groups -OCH3 is 1. The summed E-state index contributed by atoms with van der Waals surface area (Å²) in [5, 5.41) is 10.8. The predicted molar refractivity (Wildman–Crippen MR) is 85.0 cm³/mol. The summed E-state index contributed by atoms with van der Waals surface area (Å²) < 4.78 is 5.17. The Kier molecular flexibility index (Phi) is 5.15. The lowest BCUT2D eigenvalue weighted by atomic mass is 9.89. The molecule has 0 fully saturated rings. The summed E-state index contributed by atoms with van der Waals surface area (Å²) in [6, 6.07) is 8.47. The Hall–Kier alpha value is -1.65. The minimum absolute atomic E-state index is 0.0892. The molecule has 2 aromatic rings. The molecule has 0 unspecified atom stereocenters. The van der Waals surface area contributed by atoms with Crippen LogP contribution in [0.1, 0.15) is 43.2 Å². The van der Waals surface area contributed by atoms with E-state index in [1.807, 2.05) is 6.20 Å². The molecule has 0 radical (unpaired) electrons. The van der Waals surface area contributed by atoms with E-state index in [1.165, 1.54) is 22.4 Å². The van der Waals surface area contributed by atoms with Gasteiger partial charge in [0.05, 0.1) is 12.8 Å². The Morgan fingerprint density at radius 1 is 1.19 bits per heavy atom. The van der Waals surface area contributed by atoms with Crippen molar-refractivity contribution >= 4 is 0 Å². The molecular formula is C17H25N3O. The molecule has 0 bridgehead atoms. The average molecular weight is 287 g/mol. The van der Waals surface area contributed by atoms with Crippen LogP contribution in [0.3, 0.4) is 0 Å². The fourth-order valence-corrected chi connectivity index (χ4v) is 2.43. The smallest absolute Gasteiger partial charge is 0.0713 e. The van der Waals surface area contributed by atoms with Gasteiger partial charge < -0.3 is 10.1 Å². The van der Waals surface area contributed by atoms with Gasteiger partial charge in [0, 0.05) is 36.9 Å². The minimum Gasteiger partial charge on any atom is -0.380 e. The first-order valence-electron chi connectivity index (χ1n) is 7.31. The number of hydrogen-bond acceptors (Lipinski definition) is 3. The first-order chi connectivity index (χ1) is 10.0. The lowest BCUT2D eigenvalue weighted by molar-refractivity contribution is 0.185. The van der Waals surface area contributed by atoms with Crippen LogP contribution in [0.15, 0.2) is 30.5 Å². The van der Waals surface area contributed by atoms with Crippen molar-refractivity contribution in [1.82, 2.24) is 15.5 Å². The number of nitrogens with zero attached hydrogens (tertiary/aromatic N) is 1. The zero-order valence-electron chi connectivity index (χ0n) is 13.4. The van der Waals surface area contributed by atoms with Crippen LogP contribution in [-0.4, -0.2) is 17.3 Å². The highest BCUT2D eigenvalue weighted by molar-refractivity contribution is 5.25. The summed E-state index contributed by atoms with van der Waals surface area (Å²) in [5.74, 6) is 0. The number of aromatic nitrogens is 2. The van der Waals surface area contributed by atoms with Crippen LogP contribution in [-0.2, 0) is 29.8 Å². The number of aromatic amines is 1. The molecule has 114 valence electrons. The highest BCUT2D eigenvalue weighted by Gasteiger charge is 2.19. The van der Waals surface area contributed by atoms with Gasteiger partial charge in [0.2, 0.25) is 0 Å². The third kappa shape index (κ3) is 4.41. The Bertz CT molecular complexity index is 569. The van der Waals surface area contributed by atoms with E-state index in [4.69, 9.17) is 4.74 Å². The van der Waals surface area contributed by atoms with Gasteiger partial charge in [-0.15, -0.1) is 0 Å². The van der Waals surface area contributed by atoms with E-state index in [9.17, 15) is 0 Å². The van der Waals surface area contributed by atoms with Gasteiger partial charge in [0.15, 0.2) is 0 Å². The van der Waals surface area contributed by atoms with Gasteiger partial charge in [-0.2, -0.15) is 5.10 Å². The molecule has 1 aromatic carbocycles. The molecule has 4 nitrogen and oxygen atoms in total. The van der Waals surface area contributed by atoms with Gasteiger partial charge in [-0.05, 0) is 11.1 Å². The van der Waals surface area contributed by atoms with Gasteiger partial charge in [-0.1, -0.05) is 45.0 Å². The molecule has 1 heterocycles. The zero-order chi connectivity index (χ0) is 15.3. The molecule has 0 spiro atoms. The first kappa shape index (κ1) is 15.7. The lowest BCUT2D eigenvalue weighted by Crippen LogP contribution is -2.19. The standard InChI is InChI=1S/C17H25N3O/c1-17(2,3)16-15(11-19-20-16)10-18-9-13-6-5-7-14(8-13)12-21-4/h5-8,11,18H,9-10,12H2,1-4H3,(H,19,20). The van der Waals surface area contributed by atoms with E-state index in [1.54, 1.807) is 7.11 Å². The van der Waals surface area contributed by atoms with E-state index >= 15 is 0 Å². The summed E-state index contributed by atoms with van der Waals surface area (Å²) in [5.41, 5.74) is 4.99. The SMILES string of the molecule is COCc1cccc(CNCc2cn[nH]c2C(C)(C)C)c1. The molecule has 4 heteroatoms. The number of nitrogens with one attached hydrogen (secondary N) is 2. The van der Waals surface area contributed by atoms with Crippen LogP contribution >= 0.6 is 0 Å². The third-order valence-corrected chi connectivity index (χ3v) is 3.41. The second-order valence-corrected chi connectivity index (χ2v) is 6.38. The monoisotopic (exact) mass is 287 g/mol. The third-order valence-electron chi connectivity index (χ3n) is 3.41. The van der Waals surface area contributed by atoms with Crippen LogP contribution in [0.5, 0.6) is 0 Å². The van der Waals surface area contributed by atoms with E-state index in [-0.39, 0.29) is 5.41 Å². The number of benzene rings is 1. The van der Waals surface area contributed by atoms with Crippen molar-refractivity contribution in [3.63, 3.8) is 0 Å². The molecule has 0 saturated carbocycles. The summed E-state index contributed by atoms with van der Waals surface area (Å²) in [6.45, 7) is 8.89. The molecule has 0 aliphatic heterocycles. The fourth-order valence-electron chi connectivity index (χ4n) is 2.43. The van der Waals surface area contributed by atoms with Crippen molar-refractivity contribution < 1.29 is 4.74 Å². The largest absolute Gasteiger partial charge is 0.380 e. The molecule has 0 amide bonds. The van der Waals surface area contributed by atoms with Crippen LogP contribution in [0.4, 0.5) is 0 Å². The Morgan fingerprint density at radius 2 is 1.95 bits per heavy atom. The molecule has 2 rings (SSSR count). The second kappa shape index (κ2) is 6.87. The molecular weight excluding hydrogens is 262 g/mol. The average Bonchev–Trinajstić information content (AvgIpc) is 2.88. The second-order valence-electron chi connectivity index (χ2n) is 6.38. The van der Waals surface area contributed by atoms with Gasteiger partial charge >= 0.3 is 0 Å². The van der Waals surface area contributed by atoms with Gasteiger partial charge in [-0.25, -0.2) is 0 Å². The van der Waals surface area contributed by atoms with E-state index in [2.05, 4.69) is 60.6 Å². The summed E-state index contributed by atoms with van der Waals surface area (Å²) in [7, 11) is 1.72. The molecule has 21 heavy (non-hydrogen) atoms. The van der Waals surface area contributed by atoms with Gasteiger partial charge in [0.25, 0.3) is 0 Å². The van der Waals surface area contributed by atoms with Crippen LogP contribution < -0.4 is 5.32 Å².